The summed E-state index contributed by atoms with van der Waals surface area (Å²) in [5.74, 6) is -3.58. The molecule has 1 aliphatic carbocycles. The Morgan fingerprint density at radius 1 is 1.29 bits per heavy atom. The van der Waals surface area contributed by atoms with E-state index in [-0.39, 0.29) is 23.4 Å². The Morgan fingerprint density at radius 3 is 2.65 bits per heavy atom. The molecule has 3 rings (SSSR count). The molecule has 0 aliphatic heterocycles. The monoisotopic (exact) mass is 482 g/mol. The average Bonchev–Trinajstić information content (AvgIpc) is 3.20. The van der Waals surface area contributed by atoms with Crippen molar-refractivity contribution in [1.29, 1.82) is 0 Å². The van der Waals surface area contributed by atoms with Gasteiger partial charge in [0.25, 0.3) is 0 Å². The quantitative estimate of drug-likeness (QED) is 0.551. The van der Waals surface area contributed by atoms with Crippen molar-refractivity contribution in [3.8, 4) is 11.5 Å². The van der Waals surface area contributed by atoms with Crippen molar-refractivity contribution >= 4 is 11.9 Å². The number of aromatic nitrogens is 1. The molecular formula is C24H29F3N2O5. The molecule has 10 heteroatoms. The normalized spacial score (nSPS) is 19.7. The predicted molar refractivity (Wildman–Crippen MR) is 117 cm³/mol. The Kier molecular flexibility index (Phi) is 8.01. The molecule has 1 fully saturated rings. The number of oxazole rings is 1. The van der Waals surface area contributed by atoms with E-state index in [0.29, 0.717) is 31.2 Å². The molecular weight excluding hydrogens is 453 g/mol. The summed E-state index contributed by atoms with van der Waals surface area (Å²) in [5, 5.41) is 11.9. The molecule has 1 amide bonds. The minimum atomic E-state index is -4.73. The molecule has 0 radical (unpaired) electrons. The number of carboxylic acids is 1. The van der Waals surface area contributed by atoms with Gasteiger partial charge in [0.2, 0.25) is 17.6 Å². The molecule has 186 valence electrons. The smallest absolute Gasteiger partial charge is 0.451 e. The number of hydrogen-bond acceptors (Lipinski definition) is 5. The summed E-state index contributed by atoms with van der Waals surface area (Å²) < 4.78 is 51.5. The first-order valence-corrected chi connectivity index (χ1v) is 11.2. The van der Waals surface area contributed by atoms with E-state index in [0.717, 1.165) is 5.56 Å². The van der Waals surface area contributed by atoms with Crippen molar-refractivity contribution in [1.82, 2.24) is 10.3 Å². The van der Waals surface area contributed by atoms with Gasteiger partial charge in [0, 0.05) is 11.5 Å². The molecule has 3 atom stereocenters. The number of hydrogen-bond donors (Lipinski definition) is 2. The number of aryl methyl sites for hydroxylation is 1. The molecule has 1 aromatic carbocycles. The number of nitrogens with zero attached hydrogens (tertiary/aromatic N) is 1. The van der Waals surface area contributed by atoms with Crippen LogP contribution < -0.4 is 5.32 Å². The van der Waals surface area contributed by atoms with E-state index >= 15 is 0 Å². The van der Waals surface area contributed by atoms with Crippen LogP contribution in [0.2, 0.25) is 0 Å². The largest absolute Gasteiger partial charge is 0.480 e. The molecule has 2 aromatic rings. The Hall–Kier alpha value is -2.88. The fraction of sp³-hybridized carbons (Fsp3) is 0.542. The van der Waals surface area contributed by atoms with Gasteiger partial charge in [-0.2, -0.15) is 13.2 Å². The fourth-order valence-corrected chi connectivity index (χ4v) is 4.09. The van der Waals surface area contributed by atoms with Crippen molar-refractivity contribution in [2.45, 2.75) is 71.4 Å². The van der Waals surface area contributed by atoms with Gasteiger partial charge < -0.3 is 19.6 Å². The van der Waals surface area contributed by atoms with Crippen LogP contribution in [0.25, 0.3) is 11.5 Å². The maximum atomic E-state index is 13.6. The number of rotatable bonds is 8. The van der Waals surface area contributed by atoms with Gasteiger partial charge in [-0.15, -0.1) is 0 Å². The zero-order chi connectivity index (χ0) is 25.0. The third-order valence-corrected chi connectivity index (χ3v) is 5.90. The highest BCUT2D eigenvalue weighted by molar-refractivity contribution is 5.85. The Bertz CT molecular complexity index is 1020. The van der Waals surface area contributed by atoms with Gasteiger partial charge in [0.1, 0.15) is 11.7 Å². The van der Waals surface area contributed by atoms with Gasteiger partial charge in [-0.1, -0.05) is 38.0 Å². The van der Waals surface area contributed by atoms with Crippen LogP contribution in [0.3, 0.4) is 0 Å². The van der Waals surface area contributed by atoms with Crippen LogP contribution in [0.1, 0.15) is 56.5 Å². The summed E-state index contributed by atoms with van der Waals surface area (Å²) in [6.45, 7) is 4.81. The Labute approximate surface area is 195 Å². The van der Waals surface area contributed by atoms with Crippen molar-refractivity contribution in [2.75, 3.05) is 0 Å². The molecule has 0 spiro atoms. The number of alkyl halides is 3. The fourth-order valence-electron chi connectivity index (χ4n) is 4.09. The van der Waals surface area contributed by atoms with Crippen LogP contribution in [0, 0.1) is 18.8 Å². The SMILES string of the molecule is Cc1cccc(-c2nc(COC3CCCC(C(=O)N[C@@H](C(=O)O)C(C)C)C3)c(C(F)(F)F)o2)c1. The lowest BCUT2D eigenvalue weighted by Crippen LogP contribution is -2.47. The number of amides is 1. The van der Waals surface area contributed by atoms with Gasteiger partial charge in [-0.05, 0) is 44.2 Å². The molecule has 0 bridgehead atoms. The summed E-state index contributed by atoms with van der Waals surface area (Å²) in [7, 11) is 0. The molecule has 34 heavy (non-hydrogen) atoms. The van der Waals surface area contributed by atoms with Crippen LogP contribution >= 0.6 is 0 Å². The second-order valence-corrected chi connectivity index (χ2v) is 9.03. The molecule has 1 saturated carbocycles. The van der Waals surface area contributed by atoms with E-state index in [4.69, 9.17) is 9.15 Å². The second kappa shape index (κ2) is 10.6. The van der Waals surface area contributed by atoms with E-state index in [1.807, 2.05) is 13.0 Å². The van der Waals surface area contributed by atoms with E-state index in [9.17, 15) is 27.9 Å². The van der Waals surface area contributed by atoms with E-state index < -0.39 is 42.6 Å². The maximum Gasteiger partial charge on any atom is 0.451 e. The Morgan fingerprint density at radius 2 is 2.03 bits per heavy atom. The van der Waals surface area contributed by atoms with Crippen molar-refractivity contribution in [3.05, 3.63) is 41.3 Å². The summed E-state index contributed by atoms with van der Waals surface area (Å²) in [6, 6.07) is 5.83. The minimum Gasteiger partial charge on any atom is -0.480 e. The zero-order valence-electron chi connectivity index (χ0n) is 19.3. The minimum absolute atomic E-state index is 0.135. The highest BCUT2D eigenvalue weighted by atomic mass is 19.4. The molecule has 2 unspecified atom stereocenters. The molecule has 1 aromatic heterocycles. The number of halogens is 3. The second-order valence-electron chi connectivity index (χ2n) is 9.03. The standard InChI is InChI=1S/C24H29F3N2O5/c1-13(2)19(23(31)32)29-21(30)15-7-5-9-17(11-15)33-12-18-20(24(25,26)27)34-22(28-18)16-8-4-6-14(3)10-16/h4,6,8,10,13,15,17,19H,5,7,9,11-12H2,1-3H3,(H,29,30)(H,31,32)/t15?,17?,19-/m1/s1. The number of benzene rings is 1. The summed E-state index contributed by atoms with van der Waals surface area (Å²) in [5.41, 5.74) is 0.946. The molecule has 1 heterocycles. The van der Waals surface area contributed by atoms with Crippen LogP contribution in [0.4, 0.5) is 13.2 Å². The number of aliphatic carboxylic acids is 1. The van der Waals surface area contributed by atoms with Crippen LogP contribution in [-0.4, -0.2) is 34.1 Å². The van der Waals surface area contributed by atoms with E-state index in [1.54, 1.807) is 32.0 Å². The topological polar surface area (TPSA) is 102 Å². The van der Waals surface area contributed by atoms with Gasteiger partial charge in [-0.3, -0.25) is 4.79 Å². The number of nitrogens with one attached hydrogen (secondary N) is 1. The third kappa shape index (κ3) is 6.37. The van der Waals surface area contributed by atoms with Crippen molar-refractivity contribution in [3.63, 3.8) is 0 Å². The number of ether oxygens (including phenoxy) is 1. The zero-order valence-corrected chi connectivity index (χ0v) is 19.3. The number of carbonyl (C=O) groups is 2. The highest BCUT2D eigenvalue weighted by Crippen LogP contribution is 2.36. The van der Waals surface area contributed by atoms with Crippen LogP contribution in [-0.2, 0) is 27.1 Å². The number of carbonyl (C=O) groups excluding carboxylic acids is 1. The first-order valence-electron chi connectivity index (χ1n) is 11.2. The van der Waals surface area contributed by atoms with Crippen molar-refractivity contribution in [2.24, 2.45) is 11.8 Å². The maximum absolute atomic E-state index is 13.6. The number of carboxylic acid groups (broad SMARTS) is 1. The first-order chi connectivity index (χ1) is 16.0. The van der Waals surface area contributed by atoms with Crippen molar-refractivity contribution < 1.29 is 37.0 Å². The van der Waals surface area contributed by atoms with Gasteiger partial charge in [0.05, 0.1) is 12.7 Å². The molecule has 7 nitrogen and oxygen atoms in total. The molecule has 2 N–H and O–H groups in total. The van der Waals surface area contributed by atoms with E-state index in [1.165, 1.54) is 0 Å². The van der Waals surface area contributed by atoms with Gasteiger partial charge >= 0.3 is 12.1 Å². The first kappa shape index (κ1) is 25.7. The molecule has 0 saturated heterocycles. The summed E-state index contributed by atoms with van der Waals surface area (Å²) in [4.78, 5) is 28.0. The predicted octanol–water partition coefficient (Wildman–Crippen LogP) is 4.97. The van der Waals surface area contributed by atoms with Crippen LogP contribution in [0.15, 0.2) is 28.7 Å². The van der Waals surface area contributed by atoms with Gasteiger partial charge in [-0.25, -0.2) is 9.78 Å². The average molecular weight is 482 g/mol. The summed E-state index contributed by atoms with van der Waals surface area (Å²) in [6.07, 6.45) is -3.11. The summed E-state index contributed by atoms with van der Waals surface area (Å²) >= 11 is 0. The molecule has 1 aliphatic rings. The van der Waals surface area contributed by atoms with E-state index in [2.05, 4.69) is 10.3 Å². The highest BCUT2D eigenvalue weighted by Gasteiger charge is 2.40. The lowest BCUT2D eigenvalue weighted by Gasteiger charge is -2.29. The Balaban J connectivity index is 1.68. The van der Waals surface area contributed by atoms with Gasteiger partial charge in [0.15, 0.2) is 0 Å². The lowest BCUT2D eigenvalue weighted by molar-refractivity contribution is -0.154. The lowest BCUT2D eigenvalue weighted by atomic mass is 9.86. The third-order valence-electron chi connectivity index (χ3n) is 5.90. The van der Waals surface area contributed by atoms with Crippen LogP contribution in [0.5, 0.6) is 0 Å².